The van der Waals surface area contributed by atoms with Gasteiger partial charge in [0, 0.05) is 32.3 Å². The van der Waals surface area contributed by atoms with Crippen LogP contribution in [0.5, 0.6) is 0 Å². The van der Waals surface area contributed by atoms with E-state index < -0.39 is 0 Å². The lowest BCUT2D eigenvalue weighted by Gasteiger charge is -2.35. The predicted octanol–water partition coefficient (Wildman–Crippen LogP) is 4.09. The minimum absolute atomic E-state index is 0.252. The molecule has 1 saturated heterocycles. The number of amides is 1. The lowest BCUT2D eigenvalue weighted by Crippen LogP contribution is -2.45. The Hall–Kier alpha value is -2.70. The van der Waals surface area contributed by atoms with E-state index in [2.05, 4.69) is 59.5 Å². The molecule has 0 aromatic heterocycles. The van der Waals surface area contributed by atoms with Gasteiger partial charge in [-0.15, -0.1) is 0 Å². The van der Waals surface area contributed by atoms with Crippen LogP contribution >= 0.6 is 12.2 Å². The average Bonchev–Trinajstić information content (AvgIpc) is 2.73. The highest BCUT2D eigenvalue weighted by Crippen LogP contribution is 2.26. The van der Waals surface area contributed by atoms with E-state index in [1.54, 1.807) is 6.08 Å². The van der Waals surface area contributed by atoms with E-state index in [0.29, 0.717) is 11.0 Å². The number of hydrogen-bond donors (Lipinski definition) is 2. The summed E-state index contributed by atoms with van der Waals surface area (Å²) in [7, 11) is 2.14. The maximum Gasteiger partial charge on any atom is 0.250 e. The third-order valence-electron chi connectivity index (χ3n) is 5.26. The van der Waals surface area contributed by atoms with E-state index in [0.717, 1.165) is 43.1 Å². The first-order chi connectivity index (χ1) is 14.4. The topological polar surface area (TPSA) is 47.6 Å². The third-order valence-corrected chi connectivity index (χ3v) is 5.47. The number of benzene rings is 2. The van der Waals surface area contributed by atoms with E-state index in [9.17, 15) is 4.79 Å². The standard InChI is InChI=1S/C24H30N4OS/c1-18(2)20-11-8-19(9-12-20)10-13-23(29)26-24(30)25-21-6-4-5-7-22(21)28-16-14-27(3)15-17-28/h4-13,18H,14-17H2,1-3H3,(H2,25,26,29,30). The van der Waals surface area contributed by atoms with Gasteiger partial charge in [0.2, 0.25) is 5.91 Å². The molecule has 6 heteroatoms. The van der Waals surface area contributed by atoms with Gasteiger partial charge in [-0.3, -0.25) is 10.1 Å². The molecule has 0 spiro atoms. The first-order valence-corrected chi connectivity index (χ1v) is 10.8. The zero-order chi connectivity index (χ0) is 21.5. The molecular formula is C24H30N4OS. The molecule has 2 aromatic rings. The van der Waals surface area contributed by atoms with Gasteiger partial charge < -0.3 is 15.1 Å². The summed E-state index contributed by atoms with van der Waals surface area (Å²) in [5.41, 5.74) is 4.26. The van der Waals surface area contributed by atoms with Gasteiger partial charge in [-0.2, -0.15) is 0 Å². The smallest absolute Gasteiger partial charge is 0.250 e. The Labute approximate surface area is 184 Å². The van der Waals surface area contributed by atoms with Gasteiger partial charge >= 0.3 is 0 Å². The monoisotopic (exact) mass is 422 g/mol. The molecular weight excluding hydrogens is 392 g/mol. The van der Waals surface area contributed by atoms with Crippen LogP contribution in [0.3, 0.4) is 0 Å². The summed E-state index contributed by atoms with van der Waals surface area (Å²) in [6, 6.07) is 16.3. The van der Waals surface area contributed by atoms with Gasteiger partial charge in [0.25, 0.3) is 0 Å². The molecule has 1 heterocycles. The molecule has 2 N–H and O–H groups in total. The molecule has 0 radical (unpaired) electrons. The number of carbonyl (C=O) groups excluding carboxylic acids is 1. The van der Waals surface area contributed by atoms with Crippen molar-refractivity contribution in [3.63, 3.8) is 0 Å². The van der Waals surface area contributed by atoms with Crippen LogP contribution in [0.25, 0.3) is 6.08 Å². The number of rotatable bonds is 5. The van der Waals surface area contributed by atoms with Gasteiger partial charge in [0.1, 0.15) is 0 Å². The van der Waals surface area contributed by atoms with Crippen molar-refractivity contribution in [3.05, 3.63) is 65.7 Å². The fourth-order valence-electron chi connectivity index (χ4n) is 3.37. The molecule has 1 aliphatic rings. The number of carbonyl (C=O) groups is 1. The van der Waals surface area contributed by atoms with Crippen LogP contribution in [0.1, 0.15) is 30.9 Å². The molecule has 1 aliphatic heterocycles. The molecule has 5 nitrogen and oxygen atoms in total. The van der Waals surface area contributed by atoms with Crippen LogP contribution in [0, 0.1) is 0 Å². The summed E-state index contributed by atoms with van der Waals surface area (Å²) in [6.07, 6.45) is 3.30. The lowest BCUT2D eigenvalue weighted by molar-refractivity contribution is -0.115. The summed E-state index contributed by atoms with van der Waals surface area (Å²) in [6.45, 7) is 8.30. The fourth-order valence-corrected chi connectivity index (χ4v) is 3.58. The summed E-state index contributed by atoms with van der Waals surface area (Å²) < 4.78 is 0. The highest BCUT2D eigenvalue weighted by atomic mass is 32.1. The number of thiocarbonyl (C=S) groups is 1. The third kappa shape index (κ3) is 6.15. The highest BCUT2D eigenvalue weighted by molar-refractivity contribution is 7.80. The maximum absolute atomic E-state index is 12.3. The van der Waals surface area contributed by atoms with Crippen molar-refractivity contribution in [1.82, 2.24) is 10.2 Å². The van der Waals surface area contributed by atoms with Crippen LogP contribution < -0.4 is 15.5 Å². The number of nitrogens with one attached hydrogen (secondary N) is 2. The van der Waals surface area contributed by atoms with Crippen molar-refractivity contribution in [2.24, 2.45) is 0 Å². The van der Waals surface area contributed by atoms with E-state index in [1.807, 2.05) is 30.3 Å². The van der Waals surface area contributed by atoms with Crippen molar-refractivity contribution < 1.29 is 4.79 Å². The Morgan fingerprint density at radius 3 is 2.37 bits per heavy atom. The van der Waals surface area contributed by atoms with Gasteiger partial charge in [-0.05, 0) is 54.5 Å². The van der Waals surface area contributed by atoms with Crippen molar-refractivity contribution >= 4 is 40.7 Å². The van der Waals surface area contributed by atoms with E-state index in [4.69, 9.17) is 12.2 Å². The van der Waals surface area contributed by atoms with Crippen LogP contribution in [0.4, 0.5) is 11.4 Å². The summed E-state index contributed by atoms with van der Waals surface area (Å²) in [5, 5.41) is 6.20. The zero-order valence-electron chi connectivity index (χ0n) is 17.9. The molecule has 3 rings (SSSR count). The highest BCUT2D eigenvalue weighted by Gasteiger charge is 2.17. The second kappa shape index (κ2) is 10.4. The number of para-hydroxylation sites is 2. The summed E-state index contributed by atoms with van der Waals surface area (Å²) >= 11 is 5.36. The average molecular weight is 423 g/mol. The molecule has 1 amide bonds. The first kappa shape index (κ1) is 22.0. The quantitative estimate of drug-likeness (QED) is 0.561. The minimum Gasteiger partial charge on any atom is -0.367 e. The summed E-state index contributed by atoms with van der Waals surface area (Å²) in [4.78, 5) is 16.9. The maximum atomic E-state index is 12.3. The predicted molar refractivity (Wildman–Crippen MR) is 130 cm³/mol. The van der Waals surface area contributed by atoms with Crippen molar-refractivity contribution in [2.75, 3.05) is 43.4 Å². The van der Waals surface area contributed by atoms with E-state index in [-0.39, 0.29) is 5.91 Å². The van der Waals surface area contributed by atoms with E-state index in [1.165, 1.54) is 11.6 Å². The number of anilines is 2. The molecule has 0 atom stereocenters. The number of nitrogens with zero attached hydrogens (tertiary/aromatic N) is 2. The van der Waals surface area contributed by atoms with Crippen molar-refractivity contribution in [3.8, 4) is 0 Å². The fraction of sp³-hybridized carbons (Fsp3) is 0.333. The largest absolute Gasteiger partial charge is 0.367 e. The first-order valence-electron chi connectivity index (χ1n) is 10.3. The van der Waals surface area contributed by atoms with Crippen LogP contribution in [0.15, 0.2) is 54.6 Å². The minimum atomic E-state index is -0.252. The second-order valence-electron chi connectivity index (χ2n) is 7.91. The molecule has 2 aromatic carbocycles. The Morgan fingerprint density at radius 1 is 1.03 bits per heavy atom. The SMILES string of the molecule is CC(C)c1ccc(C=CC(=O)NC(=S)Nc2ccccc2N2CCN(C)CC2)cc1. The second-order valence-corrected chi connectivity index (χ2v) is 8.31. The van der Waals surface area contributed by atoms with Crippen LogP contribution in [-0.4, -0.2) is 49.1 Å². The molecule has 0 saturated carbocycles. The van der Waals surface area contributed by atoms with Crippen molar-refractivity contribution in [1.29, 1.82) is 0 Å². The van der Waals surface area contributed by atoms with Crippen LogP contribution in [0.2, 0.25) is 0 Å². The number of hydrogen-bond acceptors (Lipinski definition) is 4. The Kier molecular flexibility index (Phi) is 7.60. The Morgan fingerprint density at radius 2 is 1.70 bits per heavy atom. The Bertz CT molecular complexity index is 900. The molecule has 0 unspecified atom stereocenters. The van der Waals surface area contributed by atoms with Gasteiger partial charge in [0.05, 0.1) is 11.4 Å². The van der Waals surface area contributed by atoms with Gasteiger partial charge in [-0.1, -0.05) is 50.2 Å². The van der Waals surface area contributed by atoms with Gasteiger partial charge in [-0.25, -0.2) is 0 Å². The molecule has 158 valence electrons. The molecule has 30 heavy (non-hydrogen) atoms. The van der Waals surface area contributed by atoms with E-state index >= 15 is 0 Å². The normalized spacial score (nSPS) is 14.9. The van der Waals surface area contributed by atoms with Crippen molar-refractivity contribution in [2.45, 2.75) is 19.8 Å². The summed E-state index contributed by atoms with van der Waals surface area (Å²) in [5.74, 6) is 0.237. The molecule has 1 fully saturated rings. The number of likely N-dealkylation sites (N-methyl/N-ethyl adjacent to an activating group) is 1. The zero-order valence-corrected chi connectivity index (χ0v) is 18.7. The molecule has 0 bridgehead atoms. The lowest BCUT2D eigenvalue weighted by atomic mass is 10.0. The van der Waals surface area contributed by atoms with Gasteiger partial charge in [0.15, 0.2) is 5.11 Å². The van der Waals surface area contributed by atoms with Crippen LogP contribution in [-0.2, 0) is 4.79 Å². The Balaban J connectivity index is 1.57. The number of piperazine rings is 1. The molecule has 0 aliphatic carbocycles.